The van der Waals surface area contributed by atoms with E-state index in [4.69, 9.17) is 4.74 Å². The molecule has 0 bridgehead atoms. The van der Waals surface area contributed by atoms with Crippen LogP contribution in [0, 0.1) is 24.6 Å². The van der Waals surface area contributed by atoms with E-state index in [1.807, 2.05) is 6.07 Å². The van der Waals surface area contributed by atoms with Crippen LogP contribution in [0.15, 0.2) is 30.4 Å². The topological polar surface area (TPSA) is 9.23 Å². The molecule has 0 aromatic heterocycles. The minimum Gasteiger partial charge on any atom is -0.493 e. The summed E-state index contributed by atoms with van der Waals surface area (Å²) in [6.07, 6.45) is 12.4. The predicted octanol–water partition coefficient (Wildman–Crippen LogP) is 5.68. The number of hydrogen-bond donors (Lipinski definition) is 0. The van der Waals surface area contributed by atoms with Crippen LogP contribution in [0.25, 0.3) is 0 Å². The molecule has 21 heavy (non-hydrogen) atoms. The first-order valence-corrected chi connectivity index (χ1v) is 8.26. The molecule has 0 saturated heterocycles. The summed E-state index contributed by atoms with van der Waals surface area (Å²) in [5.74, 6) is 1.67. The van der Waals surface area contributed by atoms with E-state index in [9.17, 15) is 4.39 Å². The fourth-order valence-corrected chi connectivity index (χ4v) is 2.84. The second-order valence-electron chi connectivity index (χ2n) is 6.20. The van der Waals surface area contributed by atoms with Crippen molar-refractivity contribution in [2.24, 2.45) is 11.8 Å². The van der Waals surface area contributed by atoms with Crippen LogP contribution in [0.2, 0.25) is 0 Å². The standard InChI is InChI=1S/C19H27FO/c1-3-4-5-6-16-8-10-17(11-9-16)14-21-18-12-7-15(2)19(20)13-18/h7-8,10,12-13,16-17H,3-6,9,11,14H2,1-2H3. The van der Waals surface area contributed by atoms with E-state index in [1.54, 1.807) is 13.0 Å². The zero-order valence-corrected chi connectivity index (χ0v) is 13.3. The number of unbranched alkanes of at least 4 members (excludes halogenated alkanes) is 2. The summed E-state index contributed by atoms with van der Waals surface area (Å²) in [6, 6.07) is 5.10. The van der Waals surface area contributed by atoms with Gasteiger partial charge in [-0.15, -0.1) is 0 Å². The van der Waals surface area contributed by atoms with E-state index in [-0.39, 0.29) is 5.82 Å². The monoisotopic (exact) mass is 290 g/mol. The summed E-state index contributed by atoms with van der Waals surface area (Å²) < 4.78 is 19.2. The second kappa shape index (κ2) is 8.21. The fourth-order valence-electron chi connectivity index (χ4n) is 2.84. The average molecular weight is 290 g/mol. The molecule has 116 valence electrons. The zero-order chi connectivity index (χ0) is 15.1. The van der Waals surface area contributed by atoms with Crippen LogP contribution >= 0.6 is 0 Å². The lowest BCUT2D eigenvalue weighted by Gasteiger charge is -2.23. The third kappa shape index (κ3) is 5.18. The smallest absolute Gasteiger partial charge is 0.129 e. The molecule has 0 fully saturated rings. The number of halogens is 1. The van der Waals surface area contributed by atoms with Gasteiger partial charge < -0.3 is 4.74 Å². The van der Waals surface area contributed by atoms with Crippen LogP contribution in [-0.4, -0.2) is 6.61 Å². The molecule has 2 atom stereocenters. The quantitative estimate of drug-likeness (QED) is 0.464. The molecule has 1 aliphatic rings. The predicted molar refractivity (Wildman–Crippen MR) is 86.1 cm³/mol. The first kappa shape index (κ1) is 16.1. The molecule has 0 saturated carbocycles. The molecule has 1 aromatic carbocycles. The molecule has 1 nitrogen and oxygen atoms in total. The molecule has 0 spiro atoms. The lowest BCUT2D eigenvalue weighted by Crippen LogP contribution is -2.15. The lowest BCUT2D eigenvalue weighted by molar-refractivity contribution is 0.253. The van der Waals surface area contributed by atoms with Crippen molar-refractivity contribution in [2.75, 3.05) is 6.61 Å². The summed E-state index contributed by atoms with van der Waals surface area (Å²) in [4.78, 5) is 0. The van der Waals surface area contributed by atoms with Crippen LogP contribution in [0.4, 0.5) is 4.39 Å². The van der Waals surface area contributed by atoms with E-state index in [1.165, 1.54) is 44.6 Å². The normalized spacial score (nSPS) is 21.5. The molecule has 2 unspecified atom stereocenters. The molecular weight excluding hydrogens is 263 g/mol. The van der Waals surface area contributed by atoms with Gasteiger partial charge in [-0.05, 0) is 43.7 Å². The third-order valence-electron chi connectivity index (χ3n) is 4.35. The van der Waals surface area contributed by atoms with Crippen molar-refractivity contribution in [3.8, 4) is 5.75 Å². The first-order chi connectivity index (χ1) is 10.2. The molecular formula is C19H27FO. The number of hydrogen-bond acceptors (Lipinski definition) is 1. The molecule has 2 heteroatoms. The number of ether oxygens (including phenoxy) is 1. The van der Waals surface area contributed by atoms with E-state index >= 15 is 0 Å². The molecule has 0 radical (unpaired) electrons. The minimum atomic E-state index is -0.192. The van der Waals surface area contributed by atoms with Crippen LogP contribution in [0.1, 0.15) is 51.0 Å². The average Bonchev–Trinajstić information content (AvgIpc) is 2.50. The maximum Gasteiger partial charge on any atom is 0.129 e. The van der Waals surface area contributed by atoms with Gasteiger partial charge in [0.15, 0.2) is 0 Å². The molecule has 2 rings (SSSR count). The SMILES string of the molecule is CCCCCC1C=CC(COc2ccc(C)c(F)c2)CC1. The second-order valence-corrected chi connectivity index (χ2v) is 6.20. The first-order valence-electron chi connectivity index (χ1n) is 8.26. The summed E-state index contributed by atoms with van der Waals surface area (Å²) in [7, 11) is 0. The van der Waals surface area contributed by atoms with Gasteiger partial charge in [0.1, 0.15) is 11.6 Å². The van der Waals surface area contributed by atoms with Crippen molar-refractivity contribution >= 4 is 0 Å². The van der Waals surface area contributed by atoms with Crippen LogP contribution < -0.4 is 4.74 Å². The largest absolute Gasteiger partial charge is 0.493 e. The van der Waals surface area contributed by atoms with Gasteiger partial charge in [0.2, 0.25) is 0 Å². The number of benzene rings is 1. The molecule has 0 N–H and O–H groups in total. The van der Waals surface area contributed by atoms with Gasteiger partial charge in [-0.2, -0.15) is 0 Å². The van der Waals surface area contributed by atoms with Gasteiger partial charge in [-0.25, -0.2) is 4.39 Å². The molecule has 1 aromatic rings. The maximum absolute atomic E-state index is 13.4. The summed E-state index contributed by atoms with van der Waals surface area (Å²) in [6.45, 7) is 4.67. The fraction of sp³-hybridized carbons (Fsp3) is 0.579. The Morgan fingerprint density at radius 3 is 2.57 bits per heavy atom. The van der Waals surface area contributed by atoms with E-state index in [2.05, 4.69) is 19.1 Å². The van der Waals surface area contributed by atoms with Crippen molar-refractivity contribution in [3.63, 3.8) is 0 Å². The highest BCUT2D eigenvalue weighted by molar-refractivity contribution is 5.28. The van der Waals surface area contributed by atoms with E-state index in [0.717, 1.165) is 5.92 Å². The van der Waals surface area contributed by atoms with Gasteiger partial charge in [0, 0.05) is 12.0 Å². The highest BCUT2D eigenvalue weighted by Gasteiger charge is 2.16. The van der Waals surface area contributed by atoms with Gasteiger partial charge in [-0.3, -0.25) is 0 Å². The number of allylic oxidation sites excluding steroid dienone is 1. The highest BCUT2D eigenvalue weighted by atomic mass is 19.1. The Morgan fingerprint density at radius 1 is 1.14 bits per heavy atom. The Labute approximate surface area is 128 Å². The van der Waals surface area contributed by atoms with Crippen LogP contribution in [0.3, 0.4) is 0 Å². The summed E-state index contributed by atoms with van der Waals surface area (Å²) in [5.41, 5.74) is 0.662. The van der Waals surface area contributed by atoms with Gasteiger partial charge in [-0.1, -0.05) is 44.4 Å². The van der Waals surface area contributed by atoms with Gasteiger partial charge in [0.05, 0.1) is 6.61 Å². The van der Waals surface area contributed by atoms with E-state index in [0.29, 0.717) is 23.8 Å². The maximum atomic E-state index is 13.4. The van der Waals surface area contributed by atoms with Crippen LogP contribution in [-0.2, 0) is 0 Å². The Balaban J connectivity index is 1.75. The Kier molecular flexibility index (Phi) is 6.28. The number of aryl methyl sites for hydroxylation is 1. The van der Waals surface area contributed by atoms with Crippen molar-refractivity contribution in [3.05, 3.63) is 41.7 Å². The Morgan fingerprint density at radius 2 is 1.90 bits per heavy atom. The summed E-state index contributed by atoms with van der Waals surface area (Å²) >= 11 is 0. The van der Waals surface area contributed by atoms with E-state index < -0.39 is 0 Å². The van der Waals surface area contributed by atoms with Crippen molar-refractivity contribution < 1.29 is 9.13 Å². The van der Waals surface area contributed by atoms with Crippen molar-refractivity contribution in [2.45, 2.75) is 52.4 Å². The van der Waals surface area contributed by atoms with Crippen molar-refractivity contribution in [1.29, 1.82) is 0 Å². The molecule has 0 heterocycles. The minimum absolute atomic E-state index is 0.192. The lowest BCUT2D eigenvalue weighted by atomic mass is 9.86. The molecule has 1 aliphatic carbocycles. The summed E-state index contributed by atoms with van der Waals surface area (Å²) in [5, 5.41) is 0. The van der Waals surface area contributed by atoms with Crippen molar-refractivity contribution in [1.82, 2.24) is 0 Å². The van der Waals surface area contributed by atoms with Crippen LogP contribution in [0.5, 0.6) is 5.75 Å². The molecule has 0 amide bonds. The van der Waals surface area contributed by atoms with Gasteiger partial charge in [0.25, 0.3) is 0 Å². The Hall–Kier alpha value is -1.31. The highest BCUT2D eigenvalue weighted by Crippen LogP contribution is 2.27. The third-order valence-corrected chi connectivity index (χ3v) is 4.35. The molecule has 0 aliphatic heterocycles. The Bertz CT molecular complexity index is 467. The number of rotatable bonds is 7. The zero-order valence-electron chi connectivity index (χ0n) is 13.3. The van der Waals surface area contributed by atoms with Gasteiger partial charge >= 0.3 is 0 Å².